The number of methoxy groups -OCH3 is 2. The average Bonchev–Trinajstić information content (AvgIpc) is 3.03. The number of aliphatic carboxylic acids is 1. The zero-order valence-corrected chi connectivity index (χ0v) is 13.4. The van der Waals surface area contributed by atoms with E-state index in [2.05, 4.69) is 0 Å². The lowest BCUT2D eigenvalue weighted by atomic mass is 9.68. The SMILES string of the molecule is COc1cc(C2(C(=O)O)CCCCC2)c(OC)c2c1CCC2. The summed E-state index contributed by atoms with van der Waals surface area (Å²) in [6, 6.07) is 1.93. The molecule has 0 heterocycles. The van der Waals surface area contributed by atoms with Crippen LogP contribution in [0.4, 0.5) is 0 Å². The van der Waals surface area contributed by atoms with Crippen LogP contribution in [0.15, 0.2) is 6.07 Å². The molecular weight excluding hydrogens is 280 g/mol. The molecule has 1 N–H and O–H groups in total. The number of carboxylic acid groups (broad SMARTS) is 1. The molecule has 0 aliphatic heterocycles. The molecule has 4 heteroatoms. The van der Waals surface area contributed by atoms with E-state index in [0.29, 0.717) is 12.8 Å². The molecule has 1 aromatic carbocycles. The van der Waals surface area contributed by atoms with Crippen LogP contribution in [0.5, 0.6) is 11.5 Å². The summed E-state index contributed by atoms with van der Waals surface area (Å²) >= 11 is 0. The van der Waals surface area contributed by atoms with Crippen molar-refractivity contribution in [2.75, 3.05) is 14.2 Å². The van der Waals surface area contributed by atoms with Crippen molar-refractivity contribution in [2.45, 2.75) is 56.8 Å². The van der Waals surface area contributed by atoms with Gasteiger partial charge in [-0.2, -0.15) is 0 Å². The first kappa shape index (κ1) is 15.2. The number of carboxylic acids is 1. The van der Waals surface area contributed by atoms with Crippen molar-refractivity contribution in [3.8, 4) is 11.5 Å². The van der Waals surface area contributed by atoms with Gasteiger partial charge in [0.1, 0.15) is 11.5 Å². The van der Waals surface area contributed by atoms with Gasteiger partial charge < -0.3 is 14.6 Å². The monoisotopic (exact) mass is 304 g/mol. The van der Waals surface area contributed by atoms with Crippen LogP contribution in [0.3, 0.4) is 0 Å². The quantitative estimate of drug-likeness (QED) is 0.925. The van der Waals surface area contributed by atoms with Crippen molar-refractivity contribution in [3.63, 3.8) is 0 Å². The summed E-state index contributed by atoms with van der Waals surface area (Å²) in [5, 5.41) is 9.98. The minimum atomic E-state index is -0.825. The molecule has 0 bridgehead atoms. The molecule has 0 aromatic heterocycles. The lowest BCUT2D eigenvalue weighted by molar-refractivity contribution is -0.145. The second-order valence-corrected chi connectivity index (χ2v) is 6.42. The first-order chi connectivity index (χ1) is 10.6. The summed E-state index contributed by atoms with van der Waals surface area (Å²) in [7, 11) is 3.32. The Balaban J connectivity index is 2.22. The number of hydrogen-bond acceptors (Lipinski definition) is 3. The van der Waals surface area contributed by atoms with Crippen molar-refractivity contribution in [2.24, 2.45) is 0 Å². The lowest BCUT2D eigenvalue weighted by Crippen LogP contribution is -2.38. The van der Waals surface area contributed by atoms with Gasteiger partial charge in [0, 0.05) is 16.7 Å². The van der Waals surface area contributed by atoms with Crippen molar-refractivity contribution in [3.05, 3.63) is 22.8 Å². The molecule has 2 aliphatic carbocycles. The minimum Gasteiger partial charge on any atom is -0.496 e. The van der Waals surface area contributed by atoms with Crippen LogP contribution in [-0.4, -0.2) is 25.3 Å². The van der Waals surface area contributed by atoms with Gasteiger partial charge in [-0.15, -0.1) is 0 Å². The number of hydrogen-bond donors (Lipinski definition) is 1. The molecule has 120 valence electrons. The van der Waals surface area contributed by atoms with E-state index in [1.807, 2.05) is 6.07 Å². The molecule has 22 heavy (non-hydrogen) atoms. The van der Waals surface area contributed by atoms with Gasteiger partial charge in [-0.3, -0.25) is 4.79 Å². The second kappa shape index (κ2) is 5.82. The van der Waals surface area contributed by atoms with E-state index >= 15 is 0 Å². The van der Waals surface area contributed by atoms with E-state index in [1.54, 1.807) is 14.2 Å². The Morgan fingerprint density at radius 3 is 2.32 bits per heavy atom. The molecular formula is C18H24O4. The van der Waals surface area contributed by atoms with Gasteiger partial charge in [0.25, 0.3) is 0 Å². The van der Waals surface area contributed by atoms with Crippen LogP contribution in [-0.2, 0) is 23.1 Å². The third kappa shape index (κ3) is 2.16. The third-order valence-corrected chi connectivity index (χ3v) is 5.37. The smallest absolute Gasteiger partial charge is 0.314 e. The lowest BCUT2D eigenvalue weighted by Gasteiger charge is -2.35. The van der Waals surface area contributed by atoms with E-state index in [-0.39, 0.29) is 0 Å². The van der Waals surface area contributed by atoms with Gasteiger partial charge in [-0.1, -0.05) is 19.3 Å². The number of carbonyl (C=O) groups is 1. The second-order valence-electron chi connectivity index (χ2n) is 6.42. The van der Waals surface area contributed by atoms with E-state index in [9.17, 15) is 9.90 Å². The van der Waals surface area contributed by atoms with Crippen molar-refractivity contribution in [1.82, 2.24) is 0 Å². The van der Waals surface area contributed by atoms with E-state index in [4.69, 9.17) is 9.47 Å². The van der Waals surface area contributed by atoms with Crippen LogP contribution >= 0.6 is 0 Å². The Morgan fingerprint density at radius 1 is 1.05 bits per heavy atom. The molecule has 1 saturated carbocycles. The van der Waals surface area contributed by atoms with Gasteiger partial charge in [0.05, 0.1) is 19.6 Å². The average molecular weight is 304 g/mol. The normalized spacial score (nSPS) is 19.5. The molecule has 0 radical (unpaired) electrons. The Labute approximate surface area is 131 Å². The molecule has 0 atom stereocenters. The highest BCUT2D eigenvalue weighted by atomic mass is 16.5. The summed E-state index contributed by atoms with van der Waals surface area (Å²) in [6.07, 6.45) is 7.38. The summed E-state index contributed by atoms with van der Waals surface area (Å²) in [5.74, 6) is 0.887. The van der Waals surface area contributed by atoms with Crippen LogP contribution in [0.25, 0.3) is 0 Å². The maximum Gasteiger partial charge on any atom is 0.314 e. The first-order valence-electron chi connectivity index (χ1n) is 8.14. The molecule has 3 rings (SSSR count). The number of benzene rings is 1. The predicted octanol–water partition coefficient (Wildman–Crippen LogP) is 3.48. The Hall–Kier alpha value is -1.71. The van der Waals surface area contributed by atoms with E-state index < -0.39 is 11.4 Å². The van der Waals surface area contributed by atoms with E-state index in [0.717, 1.165) is 61.2 Å². The van der Waals surface area contributed by atoms with Crippen LogP contribution in [0.2, 0.25) is 0 Å². The maximum absolute atomic E-state index is 12.1. The third-order valence-electron chi connectivity index (χ3n) is 5.37. The van der Waals surface area contributed by atoms with Gasteiger partial charge in [0.2, 0.25) is 0 Å². The standard InChI is InChI=1S/C18H24O4/c1-21-15-11-14(16(22-2)13-8-6-7-12(13)15)18(17(19)20)9-4-3-5-10-18/h11H,3-10H2,1-2H3,(H,19,20). The minimum absolute atomic E-state index is 0.681. The maximum atomic E-state index is 12.1. The largest absolute Gasteiger partial charge is 0.496 e. The highest BCUT2D eigenvalue weighted by Crippen LogP contribution is 2.49. The molecule has 0 unspecified atom stereocenters. The predicted molar refractivity (Wildman–Crippen MR) is 84.0 cm³/mol. The molecule has 4 nitrogen and oxygen atoms in total. The number of ether oxygens (including phenoxy) is 2. The Kier molecular flexibility index (Phi) is 4.02. The molecule has 1 aromatic rings. The topological polar surface area (TPSA) is 55.8 Å². The zero-order chi connectivity index (χ0) is 15.7. The van der Waals surface area contributed by atoms with Crippen LogP contribution < -0.4 is 9.47 Å². The van der Waals surface area contributed by atoms with Gasteiger partial charge in [0.15, 0.2) is 0 Å². The molecule has 0 saturated heterocycles. The van der Waals surface area contributed by atoms with E-state index in [1.165, 1.54) is 5.56 Å². The Bertz CT molecular complexity index is 585. The summed E-state index contributed by atoms with van der Waals surface area (Å²) in [6.45, 7) is 0. The van der Waals surface area contributed by atoms with Crippen LogP contribution in [0, 0.1) is 0 Å². The first-order valence-corrected chi connectivity index (χ1v) is 8.14. The number of fused-ring (bicyclic) bond motifs is 1. The fourth-order valence-electron chi connectivity index (χ4n) is 4.24. The van der Waals surface area contributed by atoms with Gasteiger partial charge in [-0.05, 0) is 38.2 Å². The molecule has 1 fully saturated rings. The summed E-state index contributed by atoms with van der Waals surface area (Å²) < 4.78 is 11.3. The van der Waals surface area contributed by atoms with Gasteiger partial charge >= 0.3 is 5.97 Å². The summed E-state index contributed by atoms with van der Waals surface area (Å²) in [4.78, 5) is 12.1. The summed E-state index contributed by atoms with van der Waals surface area (Å²) in [5.41, 5.74) is 2.34. The highest BCUT2D eigenvalue weighted by Gasteiger charge is 2.45. The fraction of sp³-hybridized carbons (Fsp3) is 0.611. The molecule has 2 aliphatic rings. The highest BCUT2D eigenvalue weighted by molar-refractivity contribution is 5.83. The van der Waals surface area contributed by atoms with Crippen molar-refractivity contribution in [1.29, 1.82) is 0 Å². The van der Waals surface area contributed by atoms with Crippen molar-refractivity contribution >= 4 is 5.97 Å². The Morgan fingerprint density at radius 2 is 1.73 bits per heavy atom. The van der Waals surface area contributed by atoms with Gasteiger partial charge in [-0.25, -0.2) is 0 Å². The molecule has 0 spiro atoms. The zero-order valence-electron chi connectivity index (χ0n) is 13.4. The molecule has 0 amide bonds. The van der Waals surface area contributed by atoms with Crippen molar-refractivity contribution < 1.29 is 19.4 Å². The van der Waals surface area contributed by atoms with Crippen LogP contribution in [0.1, 0.15) is 55.2 Å². The fourth-order valence-corrected chi connectivity index (χ4v) is 4.24. The number of rotatable bonds is 4.